The molecule has 1 unspecified atom stereocenters. The molecular formula is C13H16BrClN4O. The molecule has 0 amide bonds. The number of ether oxygens (including phenoxy) is 1. The van der Waals surface area contributed by atoms with Crippen LogP contribution in [0, 0.1) is 0 Å². The highest BCUT2D eigenvalue weighted by molar-refractivity contribution is 9.10. The normalized spacial score (nSPS) is 12.4. The Labute approximate surface area is 131 Å². The average Bonchev–Trinajstić information content (AvgIpc) is 2.87. The summed E-state index contributed by atoms with van der Waals surface area (Å²) >= 11 is 9.79. The molecule has 5 nitrogen and oxygen atoms in total. The minimum atomic E-state index is -0.308. The second-order valence-electron chi connectivity index (χ2n) is 4.16. The van der Waals surface area contributed by atoms with Crippen molar-refractivity contribution in [3.63, 3.8) is 0 Å². The van der Waals surface area contributed by atoms with Crippen molar-refractivity contribution in [3.05, 3.63) is 45.1 Å². The molecule has 0 bridgehead atoms. The van der Waals surface area contributed by atoms with Gasteiger partial charge in [0.1, 0.15) is 5.69 Å². The van der Waals surface area contributed by atoms with Crippen molar-refractivity contribution in [2.75, 3.05) is 7.11 Å². The maximum absolute atomic E-state index is 6.36. The van der Waals surface area contributed by atoms with Gasteiger partial charge < -0.3 is 4.74 Å². The molecule has 20 heavy (non-hydrogen) atoms. The fourth-order valence-corrected chi connectivity index (χ4v) is 2.75. The summed E-state index contributed by atoms with van der Waals surface area (Å²) < 4.78 is 8.02. The van der Waals surface area contributed by atoms with Crippen molar-refractivity contribution in [3.8, 4) is 5.75 Å². The summed E-state index contributed by atoms with van der Waals surface area (Å²) in [6.45, 7) is 2.72. The number of nitrogens with two attached hydrogens (primary N) is 1. The van der Waals surface area contributed by atoms with Crippen LogP contribution in [0.2, 0.25) is 5.02 Å². The molecule has 0 radical (unpaired) electrons. The Morgan fingerprint density at radius 1 is 1.55 bits per heavy atom. The van der Waals surface area contributed by atoms with Gasteiger partial charge in [-0.3, -0.25) is 10.5 Å². The largest absolute Gasteiger partial charge is 0.493 e. The van der Waals surface area contributed by atoms with Crippen molar-refractivity contribution in [1.29, 1.82) is 0 Å². The highest BCUT2D eigenvalue weighted by atomic mass is 79.9. The van der Waals surface area contributed by atoms with Crippen LogP contribution < -0.4 is 16.0 Å². The van der Waals surface area contributed by atoms with Crippen molar-refractivity contribution < 1.29 is 4.74 Å². The molecule has 0 aliphatic carbocycles. The van der Waals surface area contributed by atoms with Gasteiger partial charge in [0.25, 0.3) is 0 Å². The standard InChI is InChI=1S/C13H16BrClN4O/c1-3-19-13(10(20-2)7-17-19)12(18-16)8-5-4-6-9(14)11(8)15/h4-7,12,18H,3,16H2,1-2H3. The number of methoxy groups -OCH3 is 1. The number of hydrogen-bond acceptors (Lipinski definition) is 4. The molecule has 0 aliphatic rings. The summed E-state index contributed by atoms with van der Waals surface area (Å²) in [5.74, 6) is 6.41. The van der Waals surface area contributed by atoms with E-state index in [1.165, 1.54) is 0 Å². The first-order valence-electron chi connectivity index (χ1n) is 6.13. The van der Waals surface area contributed by atoms with E-state index in [0.29, 0.717) is 17.3 Å². The van der Waals surface area contributed by atoms with Gasteiger partial charge in [0, 0.05) is 11.0 Å². The van der Waals surface area contributed by atoms with E-state index in [-0.39, 0.29) is 6.04 Å². The summed E-state index contributed by atoms with van der Waals surface area (Å²) in [5, 5.41) is 4.91. The van der Waals surface area contributed by atoms with Gasteiger partial charge >= 0.3 is 0 Å². The number of aryl methyl sites for hydroxylation is 1. The molecule has 0 aliphatic heterocycles. The van der Waals surface area contributed by atoms with Crippen LogP contribution in [0.1, 0.15) is 24.2 Å². The molecule has 108 valence electrons. The van der Waals surface area contributed by atoms with Crippen molar-refractivity contribution in [2.45, 2.75) is 19.5 Å². The van der Waals surface area contributed by atoms with Crippen LogP contribution in [0.3, 0.4) is 0 Å². The first kappa shape index (κ1) is 15.3. The molecule has 1 aromatic heterocycles. The van der Waals surface area contributed by atoms with E-state index in [1.807, 2.05) is 29.8 Å². The third kappa shape index (κ3) is 2.69. The monoisotopic (exact) mass is 358 g/mol. The van der Waals surface area contributed by atoms with Crippen LogP contribution in [0.4, 0.5) is 0 Å². The van der Waals surface area contributed by atoms with Crippen LogP contribution in [-0.4, -0.2) is 16.9 Å². The summed E-state index contributed by atoms with van der Waals surface area (Å²) in [7, 11) is 1.61. The van der Waals surface area contributed by atoms with E-state index in [9.17, 15) is 0 Å². The maximum atomic E-state index is 6.36. The highest BCUT2D eigenvalue weighted by Crippen LogP contribution is 2.36. The molecule has 0 spiro atoms. The molecule has 1 heterocycles. The van der Waals surface area contributed by atoms with Gasteiger partial charge in [-0.1, -0.05) is 23.7 Å². The summed E-state index contributed by atoms with van der Waals surface area (Å²) in [6, 6.07) is 5.41. The van der Waals surface area contributed by atoms with Gasteiger partial charge in [0.05, 0.1) is 24.4 Å². The molecule has 1 atom stereocenters. The Kier molecular flexibility index (Phi) is 5.04. The predicted molar refractivity (Wildman–Crippen MR) is 82.8 cm³/mol. The van der Waals surface area contributed by atoms with Crippen LogP contribution in [0.5, 0.6) is 5.75 Å². The van der Waals surface area contributed by atoms with Gasteiger partial charge in [-0.25, -0.2) is 5.43 Å². The number of hydrogen-bond donors (Lipinski definition) is 2. The molecule has 3 N–H and O–H groups in total. The lowest BCUT2D eigenvalue weighted by atomic mass is 10.0. The Hall–Kier alpha value is -1.08. The number of aromatic nitrogens is 2. The molecule has 0 saturated heterocycles. The number of benzene rings is 1. The molecule has 2 rings (SSSR count). The quantitative estimate of drug-likeness (QED) is 0.636. The zero-order chi connectivity index (χ0) is 14.7. The minimum absolute atomic E-state index is 0.308. The topological polar surface area (TPSA) is 65.1 Å². The van der Waals surface area contributed by atoms with Crippen molar-refractivity contribution in [1.82, 2.24) is 15.2 Å². The average molecular weight is 360 g/mol. The van der Waals surface area contributed by atoms with Crippen LogP contribution in [0.15, 0.2) is 28.9 Å². The Bertz CT molecular complexity index is 581. The first-order chi connectivity index (χ1) is 9.63. The summed E-state index contributed by atoms with van der Waals surface area (Å²) in [4.78, 5) is 0. The van der Waals surface area contributed by atoms with Gasteiger partial charge in [-0.05, 0) is 34.5 Å². The Balaban J connectivity index is 2.58. The summed E-state index contributed by atoms with van der Waals surface area (Å²) in [5.41, 5.74) is 4.50. The maximum Gasteiger partial charge on any atom is 0.161 e. The molecule has 0 fully saturated rings. The van der Waals surface area contributed by atoms with Crippen LogP contribution in [-0.2, 0) is 6.54 Å². The lowest BCUT2D eigenvalue weighted by Crippen LogP contribution is -2.31. The lowest BCUT2D eigenvalue weighted by Gasteiger charge is -2.20. The second-order valence-corrected chi connectivity index (χ2v) is 5.39. The number of nitrogens with one attached hydrogen (secondary N) is 1. The summed E-state index contributed by atoms with van der Waals surface area (Å²) in [6.07, 6.45) is 1.68. The number of hydrazine groups is 1. The smallest absolute Gasteiger partial charge is 0.161 e. The fourth-order valence-electron chi connectivity index (χ4n) is 2.14. The molecular weight excluding hydrogens is 344 g/mol. The molecule has 2 aromatic rings. The van der Waals surface area contributed by atoms with Crippen LogP contribution >= 0.6 is 27.5 Å². The number of halogens is 2. The van der Waals surface area contributed by atoms with Crippen molar-refractivity contribution in [2.24, 2.45) is 5.84 Å². The SMILES string of the molecule is CCn1ncc(OC)c1C(NN)c1cccc(Br)c1Cl. The minimum Gasteiger partial charge on any atom is -0.493 e. The third-order valence-corrected chi connectivity index (χ3v) is 4.41. The fraction of sp³-hybridized carbons (Fsp3) is 0.308. The van der Waals surface area contributed by atoms with E-state index >= 15 is 0 Å². The zero-order valence-corrected chi connectivity index (χ0v) is 13.6. The zero-order valence-electron chi connectivity index (χ0n) is 11.2. The van der Waals surface area contributed by atoms with E-state index in [2.05, 4.69) is 26.5 Å². The third-order valence-electron chi connectivity index (χ3n) is 3.10. The van der Waals surface area contributed by atoms with E-state index in [4.69, 9.17) is 22.2 Å². The Morgan fingerprint density at radius 2 is 2.30 bits per heavy atom. The van der Waals surface area contributed by atoms with Crippen molar-refractivity contribution >= 4 is 27.5 Å². The molecule has 0 saturated carbocycles. The predicted octanol–water partition coefficient (Wildman–Crippen LogP) is 2.88. The van der Waals surface area contributed by atoms with Gasteiger partial charge in [-0.15, -0.1) is 0 Å². The number of rotatable bonds is 5. The Morgan fingerprint density at radius 3 is 2.90 bits per heavy atom. The second kappa shape index (κ2) is 6.58. The van der Waals surface area contributed by atoms with E-state index < -0.39 is 0 Å². The van der Waals surface area contributed by atoms with Crippen LogP contribution in [0.25, 0.3) is 0 Å². The first-order valence-corrected chi connectivity index (χ1v) is 7.30. The highest BCUT2D eigenvalue weighted by Gasteiger charge is 2.24. The number of nitrogens with zero attached hydrogens (tertiary/aromatic N) is 2. The molecule has 7 heteroatoms. The van der Waals surface area contributed by atoms with E-state index in [1.54, 1.807) is 13.3 Å². The lowest BCUT2D eigenvalue weighted by molar-refractivity contribution is 0.399. The van der Waals surface area contributed by atoms with Gasteiger partial charge in [0.15, 0.2) is 5.75 Å². The van der Waals surface area contributed by atoms with Gasteiger partial charge in [0.2, 0.25) is 0 Å². The van der Waals surface area contributed by atoms with E-state index in [0.717, 1.165) is 15.7 Å². The molecule has 1 aromatic carbocycles. The van der Waals surface area contributed by atoms with Gasteiger partial charge in [-0.2, -0.15) is 5.10 Å².